The van der Waals surface area contributed by atoms with E-state index in [9.17, 15) is 9.90 Å². The number of hydrogen-bond acceptors (Lipinski definition) is 7. The van der Waals surface area contributed by atoms with Crippen LogP contribution < -0.4 is 5.32 Å². The van der Waals surface area contributed by atoms with E-state index in [-0.39, 0.29) is 5.92 Å². The average Bonchev–Trinajstić information content (AvgIpc) is 3.39. The largest absolute Gasteiger partial charge is 0.481 e. The number of H-pyrrole nitrogens is 1. The lowest BCUT2D eigenvalue weighted by Gasteiger charge is -2.21. The molecule has 3 aromatic rings. The summed E-state index contributed by atoms with van der Waals surface area (Å²) in [6.07, 6.45) is 5.35. The summed E-state index contributed by atoms with van der Waals surface area (Å²) in [7, 11) is 0. The summed E-state index contributed by atoms with van der Waals surface area (Å²) in [4.78, 5) is 11.8. The third kappa shape index (κ3) is 5.12. The van der Waals surface area contributed by atoms with Crippen LogP contribution in [0.25, 0.3) is 0 Å². The number of carbonyl (C=O) groups is 1. The summed E-state index contributed by atoms with van der Waals surface area (Å²) in [5, 5.41) is 34.8. The van der Waals surface area contributed by atoms with Gasteiger partial charge in [0.1, 0.15) is 0 Å². The van der Waals surface area contributed by atoms with Gasteiger partial charge in [-0.15, -0.1) is 15.3 Å². The van der Waals surface area contributed by atoms with Crippen LogP contribution in [0, 0.1) is 5.92 Å². The Balaban J connectivity index is 1.64. The number of carboxylic acid groups (broad SMARTS) is 1. The van der Waals surface area contributed by atoms with Crippen molar-refractivity contribution in [1.29, 1.82) is 0 Å². The Bertz CT molecular complexity index is 833. The molecule has 0 unspecified atom stereocenters. The standard InChI is InChI=1S/C18H24N8O2/c1-2-3-15(18(27)28)16(17-21-23-24-22-17)12-13-4-6-14(7-5-13)19-8-10-26-11-9-20-25-26/h4-7,9,11,15-16,19H,2-3,8,10,12H2,1H3,(H,27,28)(H,21,22,23,24)/t15-,16-/m0/s1. The third-order valence-corrected chi connectivity index (χ3v) is 4.65. The minimum absolute atomic E-state index is 0.331. The number of tetrazole rings is 1. The molecular weight excluding hydrogens is 360 g/mol. The van der Waals surface area contributed by atoms with Crippen molar-refractivity contribution in [3.63, 3.8) is 0 Å². The molecule has 0 amide bonds. The van der Waals surface area contributed by atoms with Gasteiger partial charge < -0.3 is 10.4 Å². The van der Waals surface area contributed by atoms with Gasteiger partial charge in [0.05, 0.1) is 18.7 Å². The zero-order valence-corrected chi connectivity index (χ0v) is 15.7. The molecule has 3 rings (SSSR count). The molecule has 2 aromatic heterocycles. The predicted octanol–water partition coefficient (Wildman–Crippen LogP) is 1.73. The van der Waals surface area contributed by atoms with Crippen molar-refractivity contribution in [2.45, 2.75) is 38.6 Å². The van der Waals surface area contributed by atoms with Gasteiger partial charge in [-0.25, -0.2) is 0 Å². The average molecular weight is 384 g/mol. The highest BCUT2D eigenvalue weighted by Crippen LogP contribution is 2.30. The van der Waals surface area contributed by atoms with E-state index in [2.05, 4.69) is 36.3 Å². The van der Waals surface area contributed by atoms with Gasteiger partial charge in [-0.05, 0) is 30.5 Å². The van der Waals surface area contributed by atoms with E-state index in [1.807, 2.05) is 37.4 Å². The number of aliphatic carboxylic acids is 1. The first-order chi connectivity index (χ1) is 13.7. The lowest BCUT2D eigenvalue weighted by atomic mass is 9.83. The maximum Gasteiger partial charge on any atom is 0.307 e. The highest BCUT2D eigenvalue weighted by atomic mass is 16.4. The summed E-state index contributed by atoms with van der Waals surface area (Å²) in [6, 6.07) is 7.96. The van der Waals surface area contributed by atoms with Gasteiger partial charge in [0.2, 0.25) is 0 Å². The van der Waals surface area contributed by atoms with Crippen molar-refractivity contribution < 1.29 is 9.90 Å². The maximum atomic E-state index is 11.8. The van der Waals surface area contributed by atoms with Crippen LogP contribution in [-0.4, -0.2) is 53.2 Å². The molecule has 0 aliphatic rings. The van der Waals surface area contributed by atoms with E-state index in [1.165, 1.54) is 0 Å². The number of aromatic amines is 1. The fourth-order valence-corrected chi connectivity index (χ4v) is 3.23. The van der Waals surface area contributed by atoms with Crippen LogP contribution in [-0.2, 0) is 17.8 Å². The second-order valence-corrected chi connectivity index (χ2v) is 6.60. The van der Waals surface area contributed by atoms with Gasteiger partial charge in [0.25, 0.3) is 0 Å². The fraction of sp³-hybridized carbons (Fsp3) is 0.444. The molecule has 0 spiro atoms. The van der Waals surface area contributed by atoms with E-state index in [4.69, 9.17) is 0 Å². The van der Waals surface area contributed by atoms with Crippen molar-refractivity contribution >= 4 is 11.7 Å². The summed E-state index contributed by atoms with van der Waals surface area (Å²) < 4.78 is 1.76. The minimum Gasteiger partial charge on any atom is -0.481 e. The number of nitrogens with one attached hydrogen (secondary N) is 2. The van der Waals surface area contributed by atoms with Gasteiger partial charge in [0, 0.05) is 24.3 Å². The number of nitrogens with zero attached hydrogens (tertiary/aromatic N) is 6. The van der Waals surface area contributed by atoms with Gasteiger partial charge in [-0.2, -0.15) is 5.21 Å². The van der Waals surface area contributed by atoms with Crippen LogP contribution in [0.15, 0.2) is 36.7 Å². The van der Waals surface area contributed by atoms with Gasteiger partial charge >= 0.3 is 5.97 Å². The SMILES string of the molecule is CCC[C@H](C(=O)O)[C@H](Cc1ccc(NCCn2ccnn2)cc1)c1nn[nH]n1. The van der Waals surface area contributed by atoms with Gasteiger partial charge in [-0.3, -0.25) is 9.48 Å². The molecule has 148 valence electrons. The Kier molecular flexibility index (Phi) is 6.66. The quantitative estimate of drug-likeness (QED) is 0.455. The first-order valence-electron chi connectivity index (χ1n) is 9.30. The Labute approximate surface area is 162 Å². The van der Waals surface area contributed by atoms with Crippen molar-refractivity contribution in [2.24, 2.45) is 5.92 Å². The van der Waals surface area contributed by atoms with Gasteiger partial charge in [0.15, 0.2) is 5.82 Å². The van der Waals surface area contributed by atoms with E-state index < -0.39 is 11.9 Å². The van der Waals surface area contributed by atoms with Crippen molar-refractivity contribution in [3.05, 3.63) is 48.0 Å². The van der Waals surface area contributed by atoms with Crippen LogP contribution in [0.5, 0.6) is 0 Å². The molecule has 10 nitrogen and oxygen atoms in total. The van der Waals surface area contributed by atoms with Crippen molar-refractivity contribution in [1.82, 2.24) is 35.6 Å². The molecule has 0 saturated carbocycles. The summed E-state index contributed by atoms with van der Waals surface area (Å²) in [5.41, 5.74) is 2.02. The highest BCUT2D eigenvalue weighted by Gasteiger charge is 2.31. The number of aromatic nitrogens is 7. The molecule has 0 fully saturated rings. The molecule has 0 aliphatic carbocycles. The molecule has 1 aromatic carbocycles. The Morgan fingerprint density at radius 1 is 1.32 bits per heavy atom. The van der Waals surface area contributed by atoms with Crippen molar-refractivity contribution in [2.75, 3.05) is 11.9 Å². The van der Waals surface area contributed by atoms with E-state index in [1.54, 1.807) is 10.9 Å². The van der Waals surface area contributed by atoms with Crippen LogP contribution in [0.1, 0.15) is 37.1 Å². The molecule has 0 radical (unpaired) electrons. The monoisotopic (exact) mass is 384 g/mol. The van der Waals surface area contributed by atoms with Crippen molar-refractivity contribution in [3.8, 4) is 0 Å². The van der Waals surface area contributed by atoms with E-state index in [0.29, 0.717) is 18.7 Å². The fourth-order valence-electron chi connectivity index (χ4n) is 3.23. The van der Waals surface area contributed by atoms with E-state index in [0.717, 1.165) is 30.8 Å². The molecule has 28 heavy (non-hydrogen) atoms. The number of benzene rings is 1. The summed E-state index contributed by atoms with van der Waals surface area (Å²) >= 11 is 0. The first-order valence-corrected chi connectivity index (χ1v) is 9.30. The molecule has 0 bridgehead atoms. The lowest BCUT2D eigenvalue weighted by molar-refractivity contribution is -0.142. The molecule has 2 atom stereocenters. The van der Waals surface area contributed by atoms with Crippen LogP contribution in [0.3, 0.4) is 0 Å². The minimum atomic E-state index is -0.831. The Morgan fingerprint density at radius 3 is 2.75 bits per heavy atom. The second kappa shape index (κ2) is 9.58. The van der Waals surface area contributed by atoms with Crippen LogP contribution >= 0.6 is 0 Å². The number of carboxylic acids is 1. The zero-order valence-electron chi connectivity index (χ0n) is 15.7. The Hall–Kier alpha value is -3.30. The second-order valence-electron chi connectivity index (χ2n) is 6.60. The number of anilines is 1. The lowest BCUT2D eigenvalue weighted by Crippen LogP contribution is -2.25. The first kappa shape index (κ1) is 19.5. The topological polar surface area (TPSA) is 134 Å². The molecule has 2 heterocycles. The molecule has 10 heteroatoms. The maximum absolute atomic E-state index is 11.8. The normalized spacial score (nSPS) is 13.2. The molecule has 0 saturated heterocycles. The number of rotatable bonds is 11. The smallest absolute Gasteiger partial charge is 0.307 e. The Morgan fingerprint density at radius 2 is 2.14 bits per heavy atom. The molecule has 3 N–H and O–H groups in total. The third-order valence-electron chi connectivity index (χ3n) is 4.65. The van der Waals surface area contributed by atoms with Crippen LogP contribution in [0.4, 0.5) is 5.69 Å². The summed E-state index contributed by atoms with van der Waals surface area (Å²) in [5.74, 6) is -1.27. The highest BCUT2D eigenvalue weighted by molar-refractivity contribution is 5.71. The van der Waals surface area contributed by atoms with E-state index >= 15 is 0 Å². The molecular formula is C18H24N8O2. The number of hydrogen-bond donors (Lipinski definition) is 3. The van der Waals surface area contributed by atoms with Crippen LogP contribution in [0.2, 0.25) is 0 Å². The zero-order chi connectivity index (χ0) is 19.8. The van der Waals surface area contributed by atoms with Gasteiger partial charge in [-0.1, -0.05) is 35.9 Å². The molecule has 0 aliphatic heterocycles. The summed E-state index contributed by atoms with van der Waals surface area (Å²) in [6.45, 7) is 3.42. The predicted molar refractivity (Wildman–Crippen MR) is 102 cm³/mol.